The van der Waals surface area contributed by atoms with Gasteiger partial charge in [0.1, 0.15) is 22.3 Å². The first-order valence-corrected chi connectivity index (χ1v) is 39.6. The zero-order chi connectivity index (χ0) is 74.0. The maximum absolute atomic E-state index is 7.43. The Morgan fingerprint density at radius 2 is 0.670 bits per heavy atom. The molecular formula is C107H70N2O2S. The van der Waals surface area contributed by atoms with Crippen LogP contribution < -0.4 is 9.80 Å². The Kier molecular flexibility index (Phi) is 14.1. The monoisotopic (exact) mass is 1450 g/mol. The van der Waals surface area contributed by atoms with E-state index in [0.717, 1.165) is 94.7 Å². The Hall–Kier alpha value is -13.8. The number of rotatable bonds is 12. The third-order valence-electron chi connectivity index (χ3n) is 24.8. The van der Waals surface area contributed by atoms with Gasteiger partial charge in [0.2, 0.25) is 0 Å². The van der Waals surface area contributed by atoms with Crippen LogP contribution in [0, 0.1) is 0 Å². The molecule has 0 bridgehead atoms. The molecule has 2 unspecified atom stereocenters. The van der Waals surface area contributed by atoms with Crippen molar-refractivity contribution >= 4 is 110 Å². The van der Waals surface area contributed by atoms with E-state index in [0.29, 0.717) is 0 Å². The van der Waals surface area contributed by atoms with Crippen molar-refractivity contribution in [3.05, 3.63) is 444 Å². The van der Waals surface area contributed by atoms with E-state index in [1.54, 1.807) is 0 Å². The lowest BCUT2D eigenvalue weighted by Gasteiger charge is -2.34. The predicted molar refractivity (Wildman–Crippen MR) is 466 cm³/mol. The van der Waals surface area contributed by atoms with E-state index >= 15 is 0 Å². The lowest BCUT2D eigenvalue weighted by molar-refractivity contribution is 0.648. The molecule has 20 aromatic rings. The molecule has 3 aliphatic rings. The standard InChI is InChI=1S/C107H70N2O2S/c1-105(2)91-39-19-15-33-79(91)82-55-51-77(65-98(82)105)109(74-49-45-68(46-50-74)67-25-7-3-8-26-67)75-53-59-100-89(63-75)85-37-23-42-96(103(85)111-100)106(71-27-9-4-10-28-71)92-40-20-16-34-80(92)87-61-69(47-57-94(87)106)70-48-58-95-88(62-70)81-35-17-21-41-93(81)107(95,72-29-11-5-12-30-72)97-43-24-38-86-90-64-76(54-60-102(90)112-104(86)97)108(73-31-13-6-14-32-73)78-52-56-84-83-36-18-22-44-99(83)110-101(84)66-78/h3-66H,1-2H3. The topological polar surface area (TPSA) is 32.8 Å². The minimum Gasteiger partial charge on any atom is -0.456 e. The number of nitrogens with zero attached hydrogens (tertiary/aromatic N) is 2. The van der Waals surface area contributed by atoms with Gasteiger partial charge in [0.15, 0.2) is 0 Å². The van der Waals surface area contributed by atoms with Crippen LogP contribution in [0.15, 0.2) is 397 Å². The van der Waals surface area contributed by atoms with Gasteiger partial charge in [-0.15, -0.1) is 11.3 Å². The molecule has 0 saturated carbocycles. The molecule has 0 fully saturated rings. The van der Waals surface area contributed by atoms with Crippen molar-refractivity contribution in [2.45, 2.75) is 30.1 Å². The van der Waals surface area contributed by atoms with Gasteiger partial charge in [0.05, 0.1) is 10.8 Å². The summed E-state index contributed by atoms with van der Waals surface area (Å²) in [4.78, 5) is 4.79. The first kappa shape index (κ1) is 64.2. The molecule has 3 aromatic heterocycles. The second-order valence-corrected chi connectivity index (χ2v) is 31.9. The number of para-hydroxylation sites is 3. The summed E-state index contributed by atoms with van der Waals surface area (Å²) < 4.78 is 16.5. The van der Waals surface area contributed by atoms with E-state index in [9.17, 15) is 0 Å². The van der Waals surface area contributed by atoms with Crippen LogP contribution in [0.3, 0.4) is 0 Å². The molecule has 5 heteroatoms. The van der Waals surface area contributed by atoms with E-state index in [1.165, 1.54) is 115 Å². The summed E-state index contributed by atoms with van der Waals surface area (Å²) in [6, 6.07) is 144. The molecule has 23 rings (SSSR count). The van der Waals surface area contributed by atoms with Crippen molar-refractivity contribution in [2.24, 2.45) is 0 Å². The molecule has 0 N–H and O–H groups in total. The van der Waals surface area contributed by atoms with Gasteiger partial charge in [-0.3, -0.25) is 0 Å². The van der Waals surface area contributed by atoms with Crippen molar-refractivity contribution in [3.8, 4) is 55.6 Å². The molecule has 0 radical (unpaired) electrons. The summed E-state index contributed by atoms with van der Waals surface area (Å²) in [5.74, 6) is 0. The van der Waals surface area contributed by atoms with Crippen molar-refractivity contribution < 1.29 is 8.83 Å². The Morgan fingerprint density at radius 1 is 0.232 bits per heavy atom. The fourth-order valence-electron chi connectivity index (χ4n) is 19.8. The van der Waals surface area contributed by atoms with Crippen LogP contribution in [0.5, 0.6) is 0 Å². The zero-order valence-corrected chi connectivity index (χ0v) is 62.4. The van der Waals surface area contributed by atoms with E-state index in [2.05, 4.69) is 406 Å². The van der Waals surface area contributed by atoms with Crippen LogP contribution in [0.1, 0.15) is 69.5 Å². The van der Waals surface area contributed by atoms with Crippen molar-refractivity contribution in [2.75, 3.05) is 9.80 Å². The smallest absolute Gasteiger partial charge is 0.140 e. The minimum atomic E-state index is -0.753. The van der Waals surface area contributed by atoms with E-state index in [-0.39, 0.29) is 5.41 Å². The van der Waals surface area contributed by atoms with Crippen LogP contribution >= 0.6 is 11.3 Å². The molecule has 526 valence electrons. The highest BCUT2D eigenvalue weighted by molar-refractivity contribution is 7.26. The maximum Gasteiger partial charge on any atom is 0.140 e. The summed E-state index contributed by atoms with van der Waals surface area (Å²) >= 11 is 1.90. The molecular weight excluding hydrogens is 1380 g/mol. The molecule has 3 heterocycles. The highest BCUT2D eigenvalue weighted by Crippen LogP contribution is 2.62. The maximum atomic E-state index is 7.43. The van der Waals surface area contributed by atoms with Gasteiger partial charge in [0.25, 0.3) is 0 Å². The summed E-state index contributed by atoms with van der Waals surface area (Å²) in [7, 11) is 0. The van der Waals surface area contributed by atoms with Gasteiger partial charge in [-0.1, -0.05) is 293 Å². The van der Waals surface area contributed by atoms with E-state index in [4.69, 9.17) is 8.83 Å². The summed E-state index contributed by atoms with van der Waals surface area (Å²) in [6.07, 6.45) is 0. The van der Waals surface area contributed by atoms with Crippen molar-refractivity contribution in [1.82, 2.24) is 0 Å². The minimum absolute atomic E-state index is 0.179. The van der Waals surface area contributed by atoms with Crippen LogP contribution in [0.25, 0.3) is 120 Å². The molecule has 0 amide bonds. The fourth-order valence-corrected chi connectivity index (χ4v) is 21.1. The SMILES string of the molecule is CC1(C)c2ccccc2-c2ccc(N(c3ccc(-c4ccccc4)cc3)c3ccc4oc5c(C6(c7ccccc7)c7ccccc7-c7cc(-c8ccc9c(c8)-c8ccccc8C9(c8ccccc8)c8cccc9c8sc8ccc(N(c%10ccccc%10)c%10ccc%11c(c%10)oc%10ccccc%10%11)cc89)ccc76)cccc5c4c3)cc21. The summed E-state index contributed by atoms with van der Waals surface area (Å²) in [5, 5.41) is 6.81. The highest BCUT2D eigenvalue weighted by atomic mass is 32.1. The number of anilines is 6. The van der Waals surface area contributed by atoms with Crippen LogP contribution in [-0.4, -0.2) is 0 Å². The molecule has 4 nitrogen and oxygen atoms in total. The Balaban J connectivity index is 0.654. The Labute approximate surface area is 653 Å². The van der Waals surface area contributed by atoms with Gasteiger partial charge >= 0.3 is 0 Å². The van der Waals surface area contributed by atoms with Crippen LogP contribution in [-0.2, 0) is 16.2 Å². The first-order valence-electron chi connectivity index (χ1n) is 38.8. The van der Waals surface area contributed by atoms with Crippen molar-refractivity contribution in [3.63, 3.8) is 0 Å². The van der Waals surface area contributed by atoms with Crippen LogP contribution in [0.4, 0.5) is 34.1 Å². The molecule has 0 spiro atoms. The predicted octanol–water partition coefficient (Wildman–Crippen LogP) is 29.2. The number of thiophene rings is 1. The quantitative estimate of drug-likeness (QED) is 0.122. The Morgan fingerprint density at radius 3 is 1.35 bits per heavy atom. The molecule has 0 aliphatic heterocycles. The highest BCUT2D eigenvalue weighted by Gasteiger charge is 2.50. The number of benzene rings is 17. The number of fused-ring (bicyclic) bond motifs is 18. The second kappa shape index (κ2) is 24.6. The van der Waals surface area contributed by atoms with Gasteiger partial charge < -0.3 is 18.6 Å². The van der Waals surface area contributed by atoms with Gasteiger partial charge in [-0.05, 0) is 209 Å². The van der Waals surface area contributed by atoms with Gasteiger partial charge in [0, 0.05) is 92.9 Å². The van der Waals surface area contributed by atoms with E-state index in [1.807, 2.05) is 17.4 Å². The van der Waals surface area contributed by atoms with Crippen molar-refractivity contribution in [1.29, 1.82) is 0 Å². The third-order valence-corrected chi connectivity index (χ3v) is 26.0. The first-order chi connectivity index (χ1) is 55.3. The lowest BCUT2D eigenvalue weighted by atomic mass is 9.67. The number of furan rings is 2. The third kappa shape index (κ3) is 9.29. The molecule has 17 aromatic carbocycles. The summed E-state index contributed by atoms with van der Waals surface area (Å²) in [5.41, 5.74) is 33.0. The molecule has 0 saturated heterocycles. The number of hydrogen-bond acceptors (Lipinski definition) is 5. The van der Waals surface area contributed by atoms with Gasteiger partial charge in [-0.2, -0.15) is 0 Å². The second-order valence-electron chi connectivity index (χ2n) is 30.9. The molecule has 2 atom stereocenters. The fraction of sp³-hybridized carbons (Fsp3) is 0.0467. The van der Waals surface area contributed by atoms with E-state index < -0.39 is 10.8 Å². The van der Waals surface area contributed by atoms with Crippen LogP contribution in [0.2, 0.25) is 0 Å². The summed E-state index contributed by atoms with van der Waals surface area (Å²) in [6.45, 7) is 4.73. The zero-order valence-electron chi connectivity index (χ0n) is 61.6. The largest absolute Gasteiger partial charge is 0.456 e. The van der Waals surface area contributed by atoms with Gasteiger partial charge in [-0.25, -0.2) is 0 Å². The average molecular weight is 1450 g/mol. The average Bonchev–Trinajstić information content (AvgIpc) is 1.52. The molecule has 3 aliphatic carbocycles. The normalized spacial score (nSPS) is 15.6. The molecule has 112 heavy (non-hydrogen) atoms. The Bertz CT molecular complexity index is 7240. The lowest BCUT2D eigenvalue weighted by Crippen LogP contribution is -2.28. The number of hydrogen-bond donors (Lipinski definition) is 0.